The molecular weight excluding hydrogens is 256 g/mol. The molecule has 0 aliphatic heterocycles. The van der Waals surface area contributed by atoms with Gasteiger partial charge in [-0.2, -0.15) is 0 Å². The topological polar surface area (TPSA) is 18.5 Å². The van der Waals surface area contributed by atoms with Gasteiger partial charge in [-0.05, 0) is 30.5 Å². The molecule has 0 spiro atoms. The molecule has 1 fully saturated rings. The van der Waals surface area contributed by atoms with E-state index >= 15 is 0 Å². The number of benzene rings is 1. The molecule has 2 nitrogen and oxygen atoms in total. The standard InChI is InChI=1S/C12H15BrO2/c1-14-11-4-2-3-9(7-11)12(8-13)15-10-5-6-10/h2-4,7,10,12H,5-6,8H2,1H3. The molecule has 0 N–H and O–H groups in total. The lowest BCUT2D eigenvalue weighted by atomic mass is 10.1. The van der Waals surface area contributed by atoms with Gasteiger partial charge in [0.25, 0.3) is 0 Å². The van der Waals surface area contributed by atoms with Crippen LogP contribution in [-0.2, 0) is 4.74 Å². The molecule has 0 bridgehead atoms. The summed E-state index contributed by atoms with van der Waals surface area (Å²) in [6, 6.07) is 8.07. The molecule has 0 saturated heterocycles. The maximum Gasteiger partial charge on any atom is 0.119 e. The quantitative estimate of drug-likeness (QED) is 0.765. The van der Waals surface area contributed by atoms with Crippen LogP contribution in [0.2, 0.25) is 0 Å². The summed E-state index contributed by atoms with van der Waals surface area (Å²) < 4.78 is 11.1. The second-order valence-corrected chi connectivity index (χ2v) is 4.40. The van der Waals surface area contributed by atoms with E-state index in [2.05, 4.69) is 22.0 Å². The Hall–Kier alpha value is -0.540. The number of rotatable bonds is 5. The Kier molecular flexibility index (Phi) is 3.65. The Morgan fingerprint density at radius 3 is 2.87 bits per heavy atom. The van der Waals surface area contributed by atoms with Crippen molar-refractivity contribution in [2.24, 2.45) is 0 Å². The van der Waals surface area contributed by atoms with Crippen molar-refractivity contribution in [3.8, 4) is 5.75 Å². The van der Waals surface area contributed by atoms with E-state index in [1.807, 2.05) is 18.2 Å². The van der Waals surface area contributed by atoms with Crippen molar-refractivity contribution < 1.29 is 9.47 Å². The Bertz CT molecular complexity index is 323. The SMILES string of the molecule is COc1cccc(C(CBr)OC2CC2)c1. The van der Waals surface area contributed by atoms with Gasteiger partial charge < -0.3 is 9.47 Å². The van der Waals surface area contributed by atoms with E-state index in [9.17, 15) is 0 Å². The summed E-state index contributed by atoms with van der Waals surface area (Å²) in [5.41, 5.74) is 1.18. The highest BCUT2D eigenvalue weighted by atomic mass is 79.9. The first kappa shape index (κ1) is 11.0. The van der Waals surface area contributed by atoms with Crippen LogP contribution in [0.4, 0.5) is 0 Å². The van der Waals surface area contributed by atoms with Crippen LogP contribution in [0.5, 0.6) is 5.75 Å². The summed E-state index contributed by atoms with van der Waals surface area (Å²) in [5.74, 6) is 0.887. The minimum absolute atomic E-state index is 0.146. The average Bonchev–Trinajstić information content (AvgIpc) is 3.10. The maximum absolute atomic E-state index is 5.89. The van der Waals surface area contributed by atoms with Crippen LogP contribution in [0.15, 0.2) is 24.3 Å². The summed E-state index contributed by atoms with van der Waals surface area (Å²) in [6.07, 6.45) is 3.02. The van der Waals surface area contributed by atoms with Gasteiger partial charge in [0.1, 0.15) is 5.75 Å². The van der Waals surface area contributed by atoms with Crippen LogP contribution < -0.4 is 4.74 Å². The third kappa shape index (κ3) is 2.95. The molecule has 0 aromatic heterocycles. The van der Waals surface area contributed by atoms with Crippen molar-refractivity contribution >= 4 is 15.9 Å². The van der Waals surface area contributed by atoms with Crippen molar-refractivity contribution in [2.75, 3.05) is 12.4 Å². The predicted octanol–water partition coefficient (Wildman–Crippen LogP) is 3.31. The second kappa shape index (κ2) is 4.99. The van der Waals surface area contributed by atoms with E-state index in [1.54, 1.807) is 7.11 Å². The molecule has 1 aliphatic carbocycles. The Balaban J connectivity index is 2.09. The van der Waals surface area contributed by atoms with Gasteiger partial charge >= 0.3 is 0 Å². The molecule has 0 amide bonds. The van der Waals surface area contributed by atoms with Crippen LogP contribution in [0.3, 0.4) is 0 Å². The van der Waals surface area contributed by atoms with Crippen molar-refractivity contribution in [3.05, 3.63) is 29.8 Å². The van der Waals surface area contributed by atoms with Crippen molar-refractivity contribution in [2.45, 2.75) is 25.0 Å². The third-order valence-electron chi connectivity index (χ3n) is 2.49. The zero-order valence-corrected chi connectivity index (χ0v) is 10.4. The minimum Gasteiger partial charge on any atom is -0.497 e. The zero-order valence-electron chi connectivity index (χ0n) is 8.78. The van der Waals surface area contributed by atoms with Gasteiger partial charge in [-0.15, -0.1) is 0 Å². The van der Waals surface area contributed by atoms with E-state index in [4.69, 9.17) is 9.47 Å². The van der Waals surface area contributed by atoms with E-state index in [-0.39, 0.29) is 6.10 Å². The van der Waals surface area contributed by atoms with E-state index < -0.39 is 0 Å². The van der Waals surface area contributed by atoms with Gasteiger partial charge in [-0.1, -0.05) is 28.1 Å². The summed E-state index contributed by atoms with van der Waals surface area (Å²) in [6.45, 7) is 0. The van der Waals surface area contributed by atoms with Gasteiger partial charge in [0.05, 0.1) is 19.3 Å². The van der Waals surface area contributed by atoms with Crippen LogP contribution in [-0.4, -0.2) is 18.5 Å². The molecule has 15 heavy (non-hydrogen) atoms. The molecule has 1 atom stereocenters. The zero-order chi connectivity index (χ0) is 10.7. The van der Waals surface area contributed by atoms with Crippen LogP contribution >= 0.6 is 15.9 Å². The largest absolute Gasteiger partial charge is 0.497 e. The summed E-state index contributed by atoms with van der Waals surface area (Å²) in [4.78, 5) is 0. The molecule has 1 aromatic rings. The number of halogens is 1. The lowest BCUT2D eigenvalue weighted by molar-refractivity contribution is 0.0558. The molecule has 3 heteroatoms. The molecule has 1 saturated carbocycles. The molecule has 2 rings (SSSR count). The molecule has 1 aromatic carbocycles. The predicted molar refractivity (Wildman–Crippen MR) is 63.6 cm³/mol. The van der Waals surface area contributed by atoms with E-state index in [1.165, 1.54) is 18.4 Å². The molecule has 82 valence electrons. The van der Waals surface area contributed by atoms with Crippen LogP contribution in [0, 0.1) is 0 Å². The summed E-state index contributed by atoms with van der Waals surface area (Å²) in [7, 11) is 1.68. The average molecular weight is 271 g/mol. The molecule has 0 heterocycles. The van der Waals surface area contributed by atoms with Crippen molar-refractivity contribution in [3.63, 3.8) is 0 Å². The number of alkyl halides is 1. The summed E-state index contributed by atoms with van der Waals surface area (Å²) in [5, 5.41) is 0.830. The first-order valence-corrected chi connectivity index (χ1v) is 6.31. The Morgan fingerprint density at radius 2 is 2.27 bits per heavy atom. The fourth-order valence-corrected chi connectivity index (χ4v) is 2.01. The molecule has 1 unspecified atom stereocenters. The van der Waals surface area contributed by atoms with Crippen molar-refractivity contribution in [1.29, 1.82) is 0 Å². The Labute approximate surface area is 98.7 Å². The van der Waals surface area contributed by atoms with Crippen molar-refractivity contribution in [1.82, 2.24) is 0 Å². The Morgan fingerprint density at radius 1 is 1.47 bits per heavy atom. The smallest absolute Gasteiger partial charge is 0.119 e. The summed E-state index contributed by atoms with van der Waals surface area (Å²) >= 11 is 3.49. The highest BCUT2D eigenvalue weighted by Crippen LogP contribution is 2.32. The lowest BCUT2D eigenvalue weighted by Crippen LogP contribution is -2.07. The molecular formula is C12H15BrO2. The third-order valence-corrected chi connectivity index (χ3v) is 3.07. The van der Waals surface area contributed by atoms with Gasteiger partial charge in [-0.25, -0.2) is 0 Å². The first-order valence-electron chi connectivity index (χ1n) is 5.19. The lowest BCUT2D eigenvalue weighted by Gasteiger charge is -2.16. The fourth-order valence-electron chi connectivity index (χ4n) is 1.48. The van der Waals surface area contributed by atoms with Gasteiger partial charge in [0.15, 0.2) is 0 Å². The minimum atomic E-state index is 0.146. The molecule has 1 aliphatic rings. The highest BCUT2D eigenvalue weighted by Gasteiger charge is 2.26. The van der Waals surface area contributed by atoms with E-state index in [0.29, 0.717) is 6.10 Å². The number of hydrogen-bond donors (Lipinski definition) is 0. The fraction of sp³-hybridized carbons (Fsp3) is 0.500. The number of hydrogen-bond acceptors (Lipinski definition) is 2. The number of ether oxygens (including phenoxy) is 2. The first-order chi connectivity index (χ1) is 7.33. The van der Waals surface area contributed by atoms with Crippen LogP contribution in [0.1, 0.15) is 24.5 Å². The normalized spacial score (nSPS) is 17.5. The van der Waals surface area contributed by atoms with Gasteiger partial charge in [0, 0.05) is 5.33 Å². The second-order valence-electron chi connectivity index (χ2n) is 3.76. The van der Waals surface area contributed by atoms with Gasteiger partial charge in [-0.3, -0.25) is 0 Å². The van der Waals surface area contributed by atoms with Gasteiger partial charge in [0.2, 0.25) is 0 Å². The van der Waals surface area contributed by atoms with Crippen LogP contribution in [0.25, 0.3) is 0 Å². The maximum atomic E-state index is 5.89. The highest BCUT2D eigenvalue weighted by molar-refractivity contribution is 9.09. The van der Waals surface area contributed by atoms with E-state index in [0.717, 1.165) is 11.1 Å². The molecule has 0 radical (unpaired) electrons. The monoisotopic (exact) mass is 270 g/mol. The number of methoxy groups -OCH3 is 1.